The van der Waals surface area contributed by atoms with Gasteiger partial charge in [-0.15, -0.1) is 0 Å². The third kappa shape index (κ3) is 3.30. The van der Waals surface area contributed by atoms with E-state index in [1.165, 1.54) is 4.90 Å². The Kier molecular flexibility index (Phi) is 5.06. The third-order valence-corrected chi connectivity index (χ3v) is 6.54. The minimum Gasteiger partial charge on any atom is -0.364 e. The predicted molar refractivity (Wildman–Crippen MR) is 128 cm³/mol. The Balaban J connectivity index is 1.68. The number of aryl methyl sites for hydroxylation is 2. The molecule has 0 saturated carbocycles. The van der Waals surface area contributed by atoms with Crippen molar-refractivity contribution in [2.24, 2.45) is 0 Å². The predicted octanol–water partition coefficient (Wildman–Crippen LogP) is 3.99. The minimum absolute atomic E-state index is 0.231. The Morgan fingerprint density at radius 1 is 0.781 bits per heavy atom. The first-order valence-electron chi connectivity index (χ1n) is 11.1. The topological polar surface area (TPSA) is 43.9 Å². The lowest BCUT2D eigenvalue weighted by Crippen LogP contribution is -2.46. The van der Waals surface area contributed by atoms with Gasteiger partial charge in [0.05, 0.1) is 11.3 Å². The minimum atomic E-state index is -0.243. The van der Waals surface area contributed by atoms with Gasteiger partial charge in [-0.3, -0.25) is 9.59 Å². The fraction of sp³-hybridized carbons (Fsp3) is 0.259. The Morgan fingerprint density at radius 2 is 1.50 bits per heavy atom. The van der Waals surface area contributed by atoms with Crippen molar-refractivity contribution in [3.05, 3.63) is 83.1 Å². The second-order valence-corrected chi connectivity index (χ2v) is 8.78. The Morgan fingerprint density at radius 3 is 2.25 bits per heavy atom. The average molecular weight is 426 g/mol. The van der Waals surface area contributed by atoms with E-state index in [0.717, 1.165) is 53.6 Å². The molecule has 2 aliphatic heterocycles. The lowest BCUT2D eigenvalue weighted by Gasteiger charge is -2.34. The quantitative estimate of drug-likeness (QED) is 0.596. The van der Waals surface area contributed by atoms with Crippen molar-refractivity contribution < 1.29 is 9.59 Å². The van der Waals surface area contributed by atoms with Crippen molar-refractivity contribution in [2.45, 2.75) is 13.8 Å². The van der Waals surface area contributed by atoms with E-state index < -0.39 is 0 Å². The van der Waals surface area contributed by atoms with Crippen LogP contribution in [0.4, 0.5) is 5.69 Å². The number of fused-ring (bicyclic) bond motifs is 1. The van der Waals surface area contributed by atoms with Gasteiger partial charge in [-0.2, -0.15) is 0 Å². The molecule has 5 nitrogen and oxygen atoms in total. The molecule has 0 unspecified atom stereocenters. The lowest BCUT2D eigenvalue weighted by atomic mass is 9.97. The van der Waals surface area contributed by atoms with Crippen molar-refractivity contribution in [1.82, 2.24) is 9.80 Å². The molecule has 162 valence electrons. The molecule has 2 heterocycles. The summed E-state index contributed by atoms with van der Waals surface area (Å²) >= 11 is 0. The molecule has 2 amide bonds. The van der Waals surface area contributed by atoms with E-state index >= 15 is 0 Å². The molecule has 5 heteroatoms. The molecule has 0 aliphatic carbocycles. The van der Waals surface area contributed by atoms with Crippen LogP contribution in [0.3, 0.4) is 0 Å². The number of hydrogen-bond acceptors (Lipinski definition) is 4. The van der Waals surface area contributed by atoms with Gasteiger partial charge in [0.25, 0.3) is 11.8 Å². The van der Waals surface area contributed by atoms with Crippen LogP contribution in [0.1, 0.15) is 16.7 Å². The van der Waals surface area contributed by atoms with Gasteiger partial charge in [0.15, 0.2) is 0 Å². The number of carbonyl (C=O) groups excluding carboxylic acids is 2. The highest BCUT2D eigenvalue weighted by Crippen LogP contribution is 2.38. The van der Waals surface area contributed by atoms with Crippen LogP contribution in [0.25, 0.3) is 16.3 Å². The standard InChI is InChI=1S/C27H27N3O2/c1-18-11-12-21(19(2)17-18)24-25(29-15-13-28(3)14-16-29)27(32)30(26(24)31)23-10-6-8-20-7-4-5-9-22(20)23/h4-12,17H,13-16H2,1-3H3. The maximum absolute atomic E-state index is 13.9. The number of amides is 2. The first-order chi connectivity index (χ1) is 15.5. The molecule has 0 spiro atoms. The molecule has 0 bridgehead atoms. The number of nitrogens with zero attached hydrogens (tertiary/aromatic N) is 3. The van der Waals surface area contributed by atoms with Crippen molar-refractivity contribution >= 4 is 33.8 Å². The summed E-state index contributed by atoms with van der Waals surface area (Å²) in [5.41, 5.74) is 4.67. The number of rotatable bonds is 3. The second kappa shape index (κ2) is 7.92. The molecular formula is C27H27N3O2. The zero-order chi connectivity index (χ0) is 22.4. The van der Waals surface area contributed by atoms with Crippen LogP contribution in [0.5, 0.6) is 0 Å². The molecule has 2 aliphatic rings. The molecule has 5 rings (SSSR count). The van der Waals surface area contributed by atoms with Crippen LogP contribution >= 0.6 is 0 Å². The fourth-order valence-corrected chi connectivity index (χ4v) is 4.80. The number of anilines is 1. The second-order valence-electron chi connectivity index (χ2n) is 8.78. The van der Waals surface area contributed by atoms with Gasteiger partial charge >= 0.3 is 0 Å². The van der Waals surface area contributed by atoms with E-state index in [-0.39, 0.29) is 11.8 Å². The summed E-state index contributed by atoms with van der Waals surface area (Å²) in [5, 5.41) is 1.91. The van der Waals surface area contributed by atoms with Crippen LogP contribution in [0.2, 0.25) is 0 Å². The summed E-state index contributed by atoms with van der Waals surface area (Å²) in [4.78, 5) is 33.5. The molecule has 0 N–H and O–H groups in total. The highest BCUT2D eigenvalue weighted by molar-refractivity contribution is 6.46. The molecule has 3 aromatic carbocycles. The van der Waals surface area contributed by atoms with Crippen LogP contribution < -0.4 is 4.90 Å². The Labute approximate surface area is 188 Å². The van der Waals surface area contributed by atoms with Crippen molar-refractivity contribution in [1.29, 1.82) is 0 Å². The zero-order valence-corrected chi connectivity index (χ0v) is 18.8. The highest BCUT2D eigenvalue weighted by Gasteiger charge is 2.43. The summed E-state index contributed by atoms with van der Waals surface area (Å²) < 4.78 is 0. The molecular weight excluding hydrogens is 398 g/mol. The maximum atomic E-state index is 13.9. The normalized spacial score (nSPS) is 17.7. The fourth-order valence-electron chi connectivity index (χ4n) is 4.80. The summed E-state index contributed by atoms with van der Waals surface area (Å²) in [7, 11) is 2.08. The molecule has 1 saturated heterocycles. The van der Waals surface area contributed by atoms with Crippen molar-refractivity contribution in [2.75, 3.05) is 38.1 Å². The van der Waals surface area contributed by atoms with E-state index in [1.54, 1.807) is 0 Å². The summed E-state index contributed by atoms with van der Waals surface area (Å²) in [5.74, 6) is -0.474. The molecule has 3 aromatic rings. The first-order valence-corrected chi connectivity index (χ1v) is 11.1. The van der Waals surface area contributed by atoms with Gasteiger partial charge in [0.2, 0.25) is 0 Å². The Hall–Kier alpha value is -3.44. The summed E-state index contributed by atoms with van der Waals surface area (Å²) in [6, 6.07) is 19.7. The summed E-state index contributed by atoms with van der Waals surface area (Å²) in [6.45, 7) is 7.22. The van der Waals surface area contributed by atoms with Gasteiger partial charge < -0.3 is 9.80 Å². The van der Waals surface area contributed by atoms with Crippen molar-refractivity contribution in [3.8, 4) is 0 Å². The Bertz CT molecular complexity index is 1260. The van der Waals surface area contributed by atoms with Gasteiger partial charge in [-0.25, -0.2) is 4.90 Å². The molecule has 0 aromatic heterocycles. The van der Waals surface area contributed by atoms with E-state index in [2.05, 4.69) is 22.9 Å². The number of benzene rings is 3. The molecule has 0 radical (unpaired) electrons. The maximum Gasteiger partial charge on any atom is 0.282 e. The molecule has 32 heavy (non-hydrogen) atoms. The van der Waals surface area contributed by atoms with Crippen LogP contribution in [0.15, 0.2) is 66.4 Å². The average Bonchev–Trinajstić information content (AvgIpc) is 3.04. The van der Waals surface area contributed by atoms with E-state index in [4.69, 9.17) is 0 Å². The SMILES string of the molecule is Cc1ccc(C2=C(N3CCN(C)CC3)C(=O)N(c3cccc4ccccc34)C2=O)c(C)c1. The molecule has 0 atom stereocenters. The highest BCUT2D eigenvalue weighted by atomic mass is 16.2. The van der Waals surface area contributed by atoms with E-state index in [0.29, 0.717) is 17.0 Å². The van der Waals surface area contributed by atoms with Crippen LogP contribution in [0, 0.1) is 13.8 Å². The number of piperazine rings is 1. The number of carbonyl (C=O) groups is 2. The number of hydrogen-bond donors (Lipinski definition) is 0. The lowest BCUT2D eigenvalue weighted by molar-refractivity contribution is -0.120. The van der Waals surface area contributed by atoms with Gasteiger partial charge in [-0.1, -0.05) is 60.2 Å². The van der Waals surface area contributed by atoms with Crippen molar-refractivity contribution in [3.63, 3.8) is 0 Å². The monoisotopic (exact) mass is 425 g/mol. The van der Waals surface area contributed by atoms with Crippen LogP contribution in [-0.2, 0) is 9.59 Å². The van der Waals surface area contributed by atoms with E-state index in [1.807, 2.05) is 68.4 Å². The van der Waals surface area contributed by atoms with Gasteiger partial charge in [-0.05, 0) is 43.5 Å². The summed E-state index contributed by atoms with van der Waals surface area (Å²) in [6.07, 6.45) is 0. The largest absolute Gasteiger partial charge is 0.364 e. The third-order valence-electron chi connectivity index (χ3n) is 6.54. The van der Waals surface area contributed by atoms with Gasteiger partial charge in [0.1, 0.15) is 5.70 Å². The number of imide groups is 1. The first kappa shape index (κ1) is 20.5. The smallest absolute Gasteiger partial charge is 0.282 e. The number of likely N-dealkylation sites (N-methyl/N-ethyl adjacent to an activating group) is 1. The van der Waals surface area contributed by atoms with Gasteiger partial charge in [0, 0.05) is 31.6 Å². The molecule has 1 fully saturated rings. The van der Waals surface area contributed by atoms with E-state index in [9.17, 15) is 9.59 Å². The van der Waals surface area contributed by atoms with Crippen LogP contribution in [-0.4, -0.2) is 54.8 Å². The zero-order valence-electron chi connectivity index (χ0n) is 18.8.